The van der Waals surface area contributed by atoms with Crippen LogP contribution in [0.1, 0.15) is 13.3 Å². The zero-order valence-electron chi connectivity index (χ0n) is 7.68. The van der Waals surface area contributed by atoms with Gasteiger partial charge in [0.05, 0.1) is 12.8 Å². The Morgan fingerprint density at radius 1 is 1.75 bits per heavy atom. The third-order valence-electron chi connectivity index (χ3n) is 1.87. The van der Waals surface area contributed by atoms with Gasteiger partial charge in [0, 0.05) is 6.54 Å². The van der Waals surface area contributed by atoms with Crippen molar-refractivity contribution in [3.05, 3.63) is 23.4 Å². The van der Waals surface area contributed by atoms with Crippen LogP contribution in [0, 0.1) is 0 Å². The molecule has 2 N–H and O–H groups in total. The van der Waals surface area contributed by atoms with Gasteiger partial charge in [0.25, 0.3) is 0 Å². The number of hydroxylamine groups is 1. The van der Waals surface area contributed by atoms with Crippen molar-refractivity contribution in [2.24, 2.45) is 0 Å². The molecule has 0 saturated carbocycles. The summed E-state index contributed by atoms with van der Waals surface area (Å²) in [5.74, 6) is 0. The van der Waals surface area contributed by atoms with Gasteiger partial charge < -0.3 is 5.32 Å². The second-order valence-electron chi connectivity index (χ2n) is 2.70. The van der Waals surface area contributed by atoms with Crippen LogP contribution in [0.5, 0.6) is 0 Å². The molecule has 0 radical (unpaired) electrons. The van der Waals surface area contributed by atoms with Crippen molar-refractivity contribution in [2.75, 3.05) is 20.2 Å². The predicted molar refractivity (Wildman–Crippen MR) is 49.5 cm³/mol. The maximum atomic E-state index is 4.86. The quantitative estimate of drug-likeness (QED) is 0.616. The van der Waals surface area contributed by atoms with E-state index in [1.54, 1.807) is 7.11 Å². The maximum absolute atomic E-state index is 4.86. The minimum Gasteiger partial charge on any atom is -0.312 e. The Balaban J connectivity index is 2.58. The van der Waals surface area contributed by atoms with Gasteiger partial charge in [-0.15, -0.1) is 0 Å². The lowest BCUT2D eigenvalue weighted by Crippen LogP contribution is -2.26. The van der Waals surface area contributed by atoms with Gasteiger partial charge in [-0.1, -0.05) is 12.2 Å². The molecule has 1 heterocycles. The summed E-state index contributed by atoms with van der Waals surface area (Å²) in [6.07, 6.45) is 5.35. The van der Waals surface area contributed by atoms with E-state index in [4.69, 9.17) is 4.84 Å². The Morgan fingerprint density at radius 3 is 3.08 bits per heavy atom. The molecule has 0 spiro atoms. The van der Waals surface area contributed by atoms with Gasteiger partial charge in [-0.05, 0) is 25.5 Å². The van der Waals surface area contributed by atoms with Crippen molar-refractivity contribution >= 4 is 0 Å². The SMILES string of the molecule is C/C=C(\NOC)C1=CCCNC1. The number of hydrogen-bond donors (Lipinski definition) is 2. The number of nitrogens with one attached hydrogen (secondary N) is 2. The summed E-state index contributed by atoms with van der Waals surface area (Å²) in [5.41, 5.74) is 5.20. The highest BCUT2D eigenvalue weighted by Crippen LogP contribution is 2.09. The van der Waals surface area contributed by atoms with E-state index < -0.39 is 0 Å². The Morgan fingerprint density at radius 2 is 2.58 bits per heavy atom. The summed E-state index contributed by atoms with van der Waals surface area (Å²) >= 11 is 0. The van der Waals surface area contributed by atoms with Gasteiger partial charge in [-0.2, -0.15) is 0 Å². The number of allylic oxidation sites excluding steroid dienone is 1. The minimum absolute atomic E-state index is 0.927. The fraction of sp³-hybridized carbons (Fsp3) is 0.556. The Kier molecular flexibility index (Phi) is 3.84. The molecule has 1 rings (SSSR count). The molecule has 0 fully saturated rings. The predicted octanol–water partition coefficient (Wildman–Crippen LogP) is 0.961. The fourth-order valence-electron chi connectivity index (χ4n) is 1.27. The van der Waals surface area contributed by atoms with Crippen molar-refractivity contribution in [1.29, 1.82) is 0 Å². The van der Waals surface area contributed by atoms with E-state index >= 15 is 0 Å². The van der Waals surface area contributed by atoms with Crippen LogP contribution in [0.3, 0.4) is 0 Å². The lowest BCUT2D eigenvalue weighted by molar-refractivity contribution is 0.119. The van der Waals surface area contributed by atoms with E-state index in [2.05, 4.69) is 16.9 Å². The van der Waals surface area contributed by atoms with E-state index in [9.17, 15) is 0 Å². The summed E-state index contributed by atoms with van der Waals surface area (Å²) in [6, 6.07) is 0. The lowest BCUT2D eigenvalue weighted by atomic mass is 10.1. The molecule has 0 atom stereocenters. The van der Waals surface area contributed by atoms with Crippen LogP contribution in [0.2, 0.25) is 0 Å². The Labute approximate surface area is 73.4 Å². The van der Waals surface area contributed by atoms with Crippen molar-refractivity contribution in [1.82, 2.24) is 10.8 Å². The van der Waals surface area contributed by atoms with Crippen LogP contribution in [0.4, 0.5) is 0 Å². The van der Waals surface area contributed by atoms with Gasteiger partial charge in [0.1, 0.15) is 0 Å². The smallest absolute Gasteiger partial charge is 0.0636 e. The molecular weight excluding hydrogens is 152 g/mol. The van der Waals surface area contributed by atoms with Crippen LogP contribution in [-0.2, 0) is 4.84 Å². The molecule has 3 nitrogen and oxygen atoms in total. The standard InChI is InChI=1S/C9H16N2O/c1-3-9(11-12-2)8-5-4-6-10-7-8/h3,5,10-11H,4,6-7H2,1-2H3/b9-3-. The molecule has 1 aliphatic rings. The molecule has 0 unspecified atom stereocenters. The highest BCUT2D eigenvalue weighted by atomic mass is 16.6. The maximum Gasteiger partial charge on any atom is 0.0636 e. The molecule has 68 valence electrons. The first kappa shape index (κ1) is 9.29. The zero-order chi connectivity index (χ0) is 8.81. The molecular formula is C9H16N2O. The summed E-state index contributed by atoms with van der Waals surface area (Å²) < 4.78 is 0. The van der Waals surface area contributed by atoms with E-state index in [0.717, 1.165) is 25.2 Å². The highest BCUT2D eigenvalue weighted by Gasteiger charge is 2.06. The minimum atomic E-state index is 0.927. The number of rotatable bonds is 3. The summed E-state index contributed by atoms with van der Waals surface area (Å²) in [4.78, 5) is 4.86. The molecule has 0 aliphatic carbocycles. The second kappa shape index (κ2) is 4.95. The first-order chi connectivity index (χ1) is 5.88. The van der Waals surface area contributed by atoms with E-state index in [0.29, 0.717) is 0 Å². The molecule has 0 aromatic carbocycles. The average Bonchev–Trinajstić information content (AvgIpc) is 2.15. The van der Waals surface area contributed by atoms with Crippen LogP contribution in [0.15, 0.2) is 23.4 Å². The fourth-order valence-corrected chi connectivity index (χ4v) is 1.27. The molecule has 1 aliphatic heterocycles. The van der Waals surface area contributed by atoms with Crippen LogP contribution in [0.25, 0.3) is 0 Å². The first-order valence-corrected chi connectivity index (χ1v) is 4.24. The number of hydrogen-bond acceptors (Lipinski definition) is 3. The van der Waals surface area contributed by atoms with Crippen molar-refractivity contribution in [3.8, 4) is 0 Å². The van der Waals surface area contributed by atoms with Gasteiger partial charge in [0.15, 0.2) is 0 Å². The van der Waals surface area contributed by atoms with Crippen molar-refractivity contribution in [3.63, 3.8) is 0 Å². The average molecular weight is 168 g/mol. The molecule has 3 heteroatoms. The molecule has 0 saturated heterocycles. The van der Waals surface area contributed by atoms with Gasteiger partial charge in [0.2, 0.25) is 0 Å². The van der Waals surface area contributed by atoms with Gasteiger partial charge in [-0.25, -0.2) is 0 Å². The van der Waals surface area contributed by atoms with Crippen LogP contribution >= 0.6 is 0 Å². The molecule has 0 aromatic heterocycles. The topological polar surface area (TPSA) is 33.3 Å². The Hall–Kier alpha value is -0.800. The van der Waals surface area contributed by atoms with Gasteiger partial charge in [-0.3, -0.25) is 10.3 Å². The normalized spacial score (nSPS) is 18.8. The lowest BCUT2D eigenvalue weighted by Gasteiger charge is -2.17. The van der Waals surface area contributed by atoms with Gasteiger partial charge >= 0.3 is 0 Å². The van der Waals surface area contributed by atoms with Crippen LogP contribution < -0.4 is 10.8 Å². The Bertz CT molecular complexity index is 197. The monoisotopic (exact) mass is 168 g/mol. The highest BCUT2D eigenvalue weighted by molar-refractivity contribution is 5.30. The molecule has 12 heavy (non-hydrogen) atoms. The van der Waals surface area contributed by atoms with Crippen molar-refractivity contribution in [2.45, 2.75) is 13.3 Å². The summed E-state index contributed by atoms with van der Waals surface area (Å²) in [6.45, 7) is 4.00. The zero-order valence-corrected chi connectivity index (χ0v) is 7.68. The summed E-state index contributed by atoms with van der Waals surface area (Å²) in [5, 5.41) is 3.30. The third kappa shape index (κ3) is 2.36. The van der Waals surface area contributed by atoms with E-state index in [1.165, 1.54) is 5.57 Å². The first-order valence-electron chi connectivity index (χ1n) is 4.24. The molecule has 0 bridgehead atoms. The second-order valence-corrected chi connectivity index (χ2v) is 2.70. The largest absolute Gasteiger partial charge is 0.312 e. The van der Waals surface area contributed by atoms with Crippen LogP contribution in [-0.4, -0.2) is 20.2 Å². The van der Waals surface area contributed by atoms with E-state index in [1.807, 2.05) is 13.0 Å². The molecule has 0 amide bonds. The summed E-state index contributed by atoms with van der Waals surface area (Å²) in [7, 11) is 1.63. The molecule has 0 aromatic rings. The van der Waals surface area contributed by atoms with Crippen molar-refractivity contribution < 1.29 is 4.84 Å². The van der Waals surface area contributed by atoms with E-state index in [-0.39, 0.29) is 0 Å². The third-order valence-corrected chi connectivity index (χ3v) is 1.87.